The van der Waals surface area contributed by atoms with E-state index in [1.54, 1.807) is 4.68 Å². The normalized spacial score (nSPS) is 16.4. The van der Waals surface area contributed by atoms with Gasteiger partial charge in [0.05, 0.1) is 5.69 Å². The molecule has 1 aliphatic rings. The minimum atomic E-state index is 0.550. The van der Waals surface area contributed by atoms with Crippen LogP contribution in [0.3, 0.4) is 0 Å². The molecule has 2 N–H and O–H groups in total. The lowest BCUT2D eigenvalue weighted by molar-refractivity contribution is 0.634. The Morgan fingerprint density at radius 1 is 1.50 bits per heavy atom. The topological polar surface area (TPSA) is 41.9 Å². The molecule has 0 spiro atoms. The number of hydrogen-bond donors (Lipinski definition) is 2. The summed E-state index contributed by atoms with van der Waals surface area (Å²) in [6.07, 6.45) is 5.08. The number of aromatic nitrogens is 2. The van der Waals surface area contributed by atoms with Gasteiger partial charge in [-0.2, -0.15) is 5.10 Å². The van der Waals surface area contributed by atoms with Crippen LogP contribution in [0.1, 0.15) is 31.4 Å². The largest absolute Gasteiger partial charge is 0.360 e. The fourth-order valence-corrected chi connectivity index (χ4v) is 2.41. The van der Waals surface area contributed by atoms with Gasteiger partial charge in [-0.15, -0.1) is 0 Å². The van der Waals surface area contributed by atoms with Crippen molar-refractivity contribution < 1.29 is 0 Å². The lowest BCUT2D eigenvalue weighted by atomic mass is 10.3. The van der Waals surface area contributed by atoms with Gasteiger partial charge >= 0.3 is 0 Å². The van der Waals surface area contributed by atoms with Crippen molar-refractivity contribution in [2.45, 2.75) is 38.6 Å². The molecule has 4 nitrogen and oxygen atoms in total. The number of hydrogen-bond acceptors (Lipinski definition) is 2. The van der Waals surface area contributed by atoms with Crippen LogP contribution < -0.4 is 10.6 Å². The summed E-state index contributed by atoms with van der Waals surface area (Å²) in [5.74, 6) is 0.938. The van der Waals surface area contributed by atoms with Crippen LogP contribution in [0.5, 0.6) is 0 Å². The molecule has 1 heterocycles. The third-order valence-corrected chi connectivity index (χ3v) is 3.15. The van der Waals surface area contributed by atoms with Gasteiger partial charge in [0.1, 0.15) is 5.82 Å². The number of nitrogens with zero attached hydrogens (tertiary/aromatic N) is 2. The number of anilines is 1. The number of thiocarbonyl (C=S) groups is 1. The first kappa shape index (κ1) is 11.4. The predicted octanol–water partition coefficient (Wildman–Crippen LogP) is 1.96. The van der Waals surface area contributed by atoms with Gasteiger partial charge in [0.15, 0.2) is 5.11 Å². The van der Waals surface area contributed by atoms with Crippen molar-refractivity contribution in [3.8, 4) is 0 Å². The molecule has 0 bridgehead atoms. The van der Waals surface area contributed by atoms with E-state index in [1.165, 1.54) is 25.7 Å². The zero-order valence-corrected chi connectivity index (χ0v) is 10.6. The Morgan fingerprint density at radius 3 is 2.75 bits per heavy atom. The van der Waals surface area contributed by atoms with Gasteiger partial charge < -0.3 is 10.6 Å². The Labute approximate surface area is 101 Å². The van der Waals surface area contributed by atoms with Gasteiger partial charge in [-0.1, -0.05) is 12.8 Å². The standard InChI is InChI=1S/C11H18N4S/c1-8-7-10(15(2)14-8)13-11(16)12-9-5-3-4-6-9/h7,9H,3-6H2,1-2H3,(H2,12,13,16). The molecule has 0 amide bonds. The summed E-state index contributed by atoms with van der Waals surface area (Å²) in [5, 5.41) is 11.5. The van der Waals surface area contributed by atoms with E-state index < -0.39 is 0 Å². The second-order valence-corrected chi connectivity index (χ2v) is 4.78. The molecule has 88 valence electrons. The highest BCUT2D eigenvalue weighted by Gasteiger charge is 2.15. The molecule has 0 saturated heterocycles. The molecule has 0 atom stereocenters. The molecule has 1 aromatic heterocycles. The van der Waals surface area contributed by atoms with Crippen molar-refractivity contribution in [1.29, 1.82) is 0 Å². The fourth-order valence-electron chi connectivity index (χ4n) is 2.14. The summed E-state index contributed by atoms with van der Waals surface area (Å²) in [6, 6.07) is 2.54. The van der Waals surface area contributed by atoms with Crippen LogP contribution in [-0.2, 0) is 7.05 Å². The first-order valence-corrected chi connectivity index (χ1v) is 6.14. The molecule has 1 fully saturated rings. The minimum Gasteiger partial charge on any atom is -0.360 e. The van der Waals surface area contributed by atoms with Crippen molar-refractivity contribution in [2.24, 2.45) is 7.05 Å². The van der Waals surface area contributed by atoms with E-state index in [1.807, 2.05) is 20.0 Å². The van der Waals surface area contributed by atoms with Gasteiger partial charge in [-0.05, 0) is 32.0 Å². The van der Waals surface area contributed by atoms with Crippen molar-refractivity contribution >= 4 is 23.1 Å². The van der Waals surface area contributed by atoms with Crippen LogP contribution in [-0.4, -0.2) is 20.9 Å². The average molecular weight is 238 g/mol. The highest BCUT2D eigenvalue weighted by atomic mass is 32.1. The maximum absolute atomic E-state index is 5.28. The summed E-state index contributed by atoms with van der Waals surface area (Å²) < 4.78 is 1.80. The molecule has 1 aliphatic carbocycles. The first-order valence-electron chi connectivity index (χ1n) is 5.73. The SMILES string of the molecule is Cc1cc(NC(=S)NC2CCCC2)n(C)n1. The molecule has 1 aromatic rings. The molecule has 0 aliphatic heterocycles. The van der Waals surface area contributed by atoms with Crippen molar-refractivity contribution in [2.75, 3.05) is 5.32 Å². The second kappa shape index (κ2) is 4.82. The molecule has 2 rings (SSSR count). The molecular formula is C11H18N4S. The molecule has 0 unspecified atom stereocenters. The van der Waals surface area contributed by atoms with Crippen LogP contribution in [0.15, 0.2) is 6.07 Å². The van der Waals surface area contributed by atoms with Crippen molar-refractivity contribution in [3.05, 3.63) is 11.8 Å². The third-order valence-electron chi connectivity index (χ3n) is 2.93. The monoisotopic (exact) mass is 238 g/mol. The smallest absolute Gasteiger partial charge is 0.172 e. The third kappa shape index (κ3) is 2.72. The Bertz CT molecular complexity index is 379. The lowest BCUT2D eigenvalue weighted by Crippen LogP contribution is -2.36. The van der Waals surface area contributed by atoms with E-state index in [0.717, 1.165) is 11.5 Å². The Balaban J connectivity index is 1.89. The first-order chi connectivity index (χ1) is 7.65. The van der Waals surface area contributed by atoms with Gasteiger partial charge in [0.2, 0.25) is 0 Å². The van der Waals surface area contributed by atoms with Gasteiger partial charge in [-0.25, -0.2) is 0 Å². The Hall–Kier alpha value is -1.10. The van der Waals surface area contributed by atoms with E-state index in [0.29, 0.717) is 11.2 Å². The maximum atomic E-state index is 5.28. The Kier molecular flexibility index (Phi) is 3.43. The molecule has 0 aromatic carbocycles. The van der Waals surface area contributed by atoms with Crippen LogP contribution in [0, 0.1) is 6.92 Å². The van der Waals surface area contributed by atoms with Crippen LogP contribution in [0.25, 0.3) is 0 Å². The summed E-state index contributed by atoms with van der Waals surface area (Å²) in [6.45, 7) is 1.97. The van der Waals surface area contributed by atoms with Crippen LogP contribution in [0.4, 0.5) is 5.82 Å². The maximum Gasteiger partial charge on any atom is 0.172 e. The van der Waals surface area contributed by atoms with Gasteiger partial charge in [0, 0.05) is 19.2 Å². The van der Waals surface area contributed by atoms with Gasteiger partial charge in [0.25, 0.3) is 0 Å². The molecule has 1 saturated carbocycles. The molecule has 5 heteroatoms. The average Bonchev–Trinajstić information content (AvgIpc) is 2.78. The number of rotatable bonds is 2. The minimum absolute atomic E-state index is 0.550. The second-order valence-electron chi connectivity index (χ2n) is 4.37. The van der Waals surface area contributed by atoms with E-state index in [2.05, 4.69) is 15.7 Å². The molecule has 0 radical (unpaired) electrons. The quantitative estimate of drug-likeness (QED) is 0.773. The fraction of sp³-hybridized carbons (Fsp3) is 0.636. The van der Waals surface area contributed by atoms with Crippen LogP contribution in [0.2, 0.25) is 0 Å². The van der Waals surface area contributed by atoms with E-state index in [9.17, 15) is 0 Å². The highest BCUT2D eigenvalue weighted by Crippen LogP contribution is 2.17. The Morgan fingerprint density at radius 2 is 2.19 bits per heavy atom. The van der Waals surface area contributed by atoms with Gasteiger partial charge in [-0.3, -0.25) is 4.68 Å². The van der Waals surface area contributed by atoms with E-state index in [4.69, 9.17) is 12.2 Å². The summed E-state index contributed by atoms with van der Waals surface area (Å²) in [4.78, 5) is 0. The van der Waals surface area contributed by atoms with Crippen molar-refractivity contribution in [3.63, 3.8) is 0 Å². The highest BCUT2D eigenvalue weighted by molar-refractivity contribution is 7.80. The van der Waals surface area contributed by atoms with Crippen LogP contribution >= 0.6 is 12.2 Å². The predicted molar refractivity (Wildman–Crippen MR) is 69.6 cm³/mol. The number of aryl methyl sites for hydroxylation is 2. The van der Waals surface area contributed by atoms with E-state index >= 15 is 0 Å². The zero-order chi connectivity index (χ0) is 11.5. The number of nitrogens with one attached hydrogen (secondary N) is 2. The lowest BCUT2D eigenvalue weighted by Gasteiger charge is -2.15. The summed E-state index contributed by atoms with van der Waals surface area (Å²) in [7, 11) is 1.91. The summed E-state index contributed by atoms with van der Waals surface area (Å²) in [5.41, 5.74) is 0.994. The zero-order valence-electron chi connectivity index (χ0n) is 9.79. The molecule has 16 heavy (non-hydrogen) atoms. The summed E-state index contributed by atoms with van der Waals surface area (Å²) >= 11 is 5.28. The van der Waals surface area contributed by atoms with E-state index in [-0.39, 0.29) is 0 Å². The van der Waals surface area contributed by atoms with Crippen molar-refractivity contribution in [1.82, 2.24) is 15.1 Å². The molecular weight excluding hydrogens is 220 g/mol.